The maximum atomic E-state index is 9.05. The lowest BCUT2D eigenvalue weighted by molar-refractivity contribution is 0.0975. The van der Waals surface area contributed by atoms with Crippen LogP contribution in [0.4, 0.5) is 0 Å². The molecule has 1 rings (SSSR count). The minimum absolute atomic E-state index is 0.153. The standard InChI is InChI=1S/C13H28N2O2/c14-11-13(5-3-1-2-4-6-13)12-15(7-9-16)8-10-17/h16-17H,1-12,14H2. The van der Waals surface area contributed by atoms with Gasteiger partial charge < -0.3 is 15.9 Å². The van der Waals surface area contributed by atoms with Crippen LogP contribution in [0.1, 0.15) is 38.5 Å². The van der Waals surface area contributed by atoms with E-state index in [0.717, 1.165) is 13.1 Å². The molecule has 0 heterocycles. The molecule has 1 aliphatic rings. The number of nitrogens with zero attached hydrogens (tertiary/aromatic N) is 1. The molecular formula is C13H28N2O2. The van der Waals surface area contributed by atoms with E-state index < -0.39 is 0 Å². The van der Waals surface area contributed by atoms with Crippen LogP contribution in [0.25, 0.3) is 0 Å². The number of aliphatic hydroxyl groups excluding tert-OH is 2. The highest BCUT2D eigenvalue weighted by Crippen LogP contribution is 2.34. The first kappa shape index (κ1) is 14.9. The lowest BCUT2D eigenvalue weighted by Gasteiger charge is -2.36. The first-order valence-electron chi connectivity index (χ1n) is 6.90. The Labute approximate surface area is 105 Å². The third kappa shape index (κ3) is 4.92. The lowest BCUT2D eigenvalue weighted by atomic mass is 9.80. The van der Waals surface area contributed by atoms with E-state index in [4.69, 9.17) is 15.9 Å². The van der Waals surface area contributed by atoms with Gasteiger partial charge in [0.15, 0.2) is 0 Å². The molecule has 0 saturated heterocycles. The van der Waals surface area contributed by atoms with Crippen molar-refractivity contribution in [3.8, 4) is 0 Å². The summed E-state index contributed by atoms with van der Waals surface area (Å²) in [4.78, 5) is 2.15. The SMILES string of the molecule is NCC1(CN(CCO)CCO)CCCCCC1. The van der Waals surface area contributed by atoms with Crippen molar-refractivity contribution in [2.75, 3.05) is 39.4 Å². The van der Waals surface area contributed by atoms with Crippen LogP contribution in [-0.4, -0.2) is 54.5 Å². The van der Waals surface area contributed by atoms with Gasteiger partial charge in [-0.1, -0.05) is 25.7 Å². The second kappa shape index (κ2) is 8.03. The lowest BCUT2D eigenvalue weighted by Crippen LogP contribution is -2.44. The van der Waals surface area contributed by atoms with Gasteiger partial charge in [-0.05, 0) is 24.8 Å². The van der Waals surface area contributed by atoms with Gasteiger partial charge in [0.25, 0.3) is 0 Å². The molecule has 1 fully saturated rings. The summed E-state index contributed by atoms with van der Waals surface area (Å²) in [5, 5.41) is 18.1. The molecule has 0 atom stereocenters. The summed E-state index contributed by atoms with van der Waals surface area (Å²) in [6.45, 7) is 3.23. The van der Waals surface area contributed by atoms with Crippen molar-refractivity contribution < 1.29 is 10.2 Å². The molecule has 4 nitrogen and oxygen atoms in total. The fraction of sp³-hybridized carbons (Fsp3) is 1.00. The van der Waals surface area contributed by atoms with Crippen molar-refractivity contribution in [2.24, 2.45) is 11.1 Å². The van der Waals surface area contributed by atoms with Crippen molar-refractivity contribution >= 4 is 0 Å². The fourth-order valence-corrected chi connectivity index (χ4v) is 2.93. The molecule has 17 heavy (non-hydrogen) atoms. The van der Waals surface area contributed by atoms with Crippen LogP contribution in [-0.2, 0) is 0 Å². The van der Waals surface area contributed by atoms with E-state index in [9.17, 15) is 0 Å². The average molecular weight is 244 g/mol. The Kier molecular flexibility index (Phi) is 7.04. The van der Waals surface area contributed by atoms with E-state index in [1.807, 2.05) is 0 Å². The molecule has 0 aromatic carbocycles. The van der Waals surface area contributed by atoms with Crippen LogP contribution in [0.2, 0.25) is 0 Å². The number of aliphatic hydroxyl groups is 2. The second-order valence-corrected chi connectivity index (χ2v) is 5.34. The first-order valence-corrected chi connectivity index (χ1v) is 6.90. The zero-order valence-electron chi connectivity index (χ0n) is 10.9. The second-order valence-electron chi connectivity index (χ2n) is 5.34. The van der Waals surface area contributed by atoms with Gasteiger partial charge in [0.2, 0.25) is 0 Å². The number of rotatable bonds is 7. The zero-order chi connectivity index (χ0) is 12.6. The maximum Gasteiger partial charge on any atom is 0.0558 e. The van der Waals surface area contributed by atoms with Gasteiger partial charge in [-0.25, -0.2) is 0 Å². The summed E-state index contributed by atoms with van der Waals surface area (Å²) in [6, 6.07) is 0. The summed E-state index contributed by atoms with van der Waals surface area (Å²) >= 11 is 0. The third-order valence-corrected chi connectivity index (χ3v) is 3.99. The van der Waals surface area contributed by atoms with Crippen LogP contribution in [0, 0.1) is 5.41 Å². The van der Waals surface area contributed by atoms with Crippen LogP contribution >= 0.6 is 0 Å². The Balaban J connectivity index is 2.56. The Hall–Kier alpha value is -0.160. The summed E-state index contributed by atoms with van der Waals surface area (Å²) in [5.74, 6) is 0. The molecule has 0 aromatic heterocycles. The smallest absolute Gasteiger partial charge is 0.0558 e. The van der Waals surface area contributed by atoms with E-state index in [-0.39, 0.29) is 18.6 Å². The number of hydrogen-bond acceptors (Lipinski definition) is 4. The van der Waals surface area contributed by atoms with Crippen molar-refractivity contribution in [2.45, 2.75) is 38.5 Å². The van der Waals surface area contributed by atoms with E-state index in [1.165, 1.54) is 38.5 Å². The van der Waals surface area contributed by atoms with Crippen LogP contribution < -0.4 is 5.73 Å². The predicted molar refractivity (Wildman–Crippen MR) is 69.8 cm³/mol. The first-order chi connectivity index (χ1) is 8.26. The van der Waals surface area contributed by atoms with E-state index >= 15 is 0 Å². The highest BCUT2D eigenvalue weighted by molar-refractivity contribution is 4.85. The summed E-state index contributed by atoms with van der Waals surface area (Å²) in [5.41, 5.74) is 6.21. The van der Waals surface area contributed by atoms with Crippen LogP contribution in [0.15, 0.2) is 0 Å². The molecule has 4 N–H and O–H groups in total. The molecule has 0 aromatic rings. The van der Waals surface area contributed by atoms with Crippen molar-refractivity contribution in [1.82, 2.24) is 4.90 Å². The number of hydrogen-bond donors (Lipinski definition) is 3. The van der Waals surface area contributed by atoms with E-state index in [1.54, 1.807) is 0 Å². The molecule has 102 valence electrons. The van der Waals surface area contributed by atoms with Crippen LogP contribution in [0.3, 0.4) is 0 Å². The van der Waals surface area contributed by atoms with Crippen molar-refractivity contribution in [3.63, 3.8) is 0 Å². The van der Waals surface area contributed by atoms with Crippen molar-refractivity contribution in [1.29, 1.82) is 0 Å². The molecular weight excluding hydrogens is 216 g/mol. The predicted octanol–water partition coefficient (Wildman–Crippen LogP) is 0.572. The van der Waals surface area contributed by atoms with Gasteiger partial charge in [-0.2, -0.15) is 0 Å². The van der Waals surface area contributed by atoms with Gasteiger partial charge in [0, 0.05) is 19.6 Å². The van der Waals surface area contributed by atoms with Gasteiger partial charge in [0.05, 0.1) is 13.2 Å². The van der Waals surface area contributed by atoms with Crippen LogP contribution in [0.5, 0.6) is 0 Å². The molecule has 0 radical (unpaired) electrons. The summed E-state index contributed by atoms with van der Waals surface area (Å²) < 4.78 is 0. The Morgan fingerprint density at radius 2 is 1.47 bits per heavy atom. The molecule has 0 aliphatic heterocycles. The minimum Gasteiger partial charge on any atom is -0.395 e. The van der Waals surface area contributed by atoms with Gasteiger partial charge in [0.1, 0.15) is 0 Å². The Morgan fingerprint density at radius 3 is 1.88 bits per heavy atom. The molecule has 0 spiro atoms. The summed E-state index contributed by atoms with van der Waals surface area (Å²) in [6.07, 6.45) is 7.56. The van der Waals surface area contributed by atoms with Gasteiger partial charge in [-0.3, -0.25) is 4.90 Å². The van der Waals surface area contributed by atoms with E-state index in [0.29, 0.717) is 13.1 Å². The summed E-state index contributed by atoms with van der Waals surface area (Å²) in [7, 11) is 0. The third-order valence-electron chi connectivity index (χ3n) is 3.99. The fourth-order valence-electron chi connectivity index (χ4n) is 2.93. The Bertz CT molecular complexity index is 186. The molecule has 0 bridgehead atoms. The molecule has 1 aliphatic carbocycles. The van der Waals surface area contributed by atoms with E-state index in [2.05, 4.69) is 4.90 Å². The Morgan fingerprint density at radius 1 is 0.941 bits per heavy atom. The molecule has 1 saturated carbocycles. The zero-order valence-corrected chi connectivity index (χ0v) is 10.9. The highest BCUT2D eigenvalue weighted by atomic mass is 16.3. The quantitative estimate of drug-likeness (QED) is 0.573. The monoisotopic (exact) mass is 244 g/mol. The van der Waals surface area contributed by atoms with Gasteiger partial charge in [-0.15, -0.1) is 0 Å². The molecule has 4 heteroatoms. The largest absolute Gasteiger partial charge is 0.395 e. The molecule has 0 unspecified atom stereocenters. The number of nitrogens with two attached hydrogens (primary N) is 1. The topological polar surface area (TPSA) is 69.7 Å². The van der Waals surface area contributed by atoms with Gasteiger partial charge >= 0.3 is 0 Å². The highest BCUT2D eigenvalue weighted by Gasteiger charge is 2.31. The normalized spacial score (nSPS) is 20.5. The van der Waals surface area contributed by atoms with Crippen molar-refractivity contribution in [3.05, 3.63) is 0 Å². The molecule has 0 amide bonds. The minimum atomic E-state index is 0.153. The average Bonchev–Trinajstić information content (AvgIpc) is 2.56. The maximum absolute atomic E-state index is 9.05.